The van der Waals surface area contributed by atoms with E-state index in [4.69, 9.17) is 10.00 Å². The maximum absolute atomic E-state index is 12.9. The molecule has 0 aromatic heterocycles. The van der Waals surface area contributed by atoms with Gasteiger partial charge in [0.05, 0.1) is 6.07 Å². The molecule has 0 heterocycles. The lowest BCUT2D eigenvalue weighted by Crippen LogP contribution is -2.32. The molecule has 4 nitrogen and oxygen atoms in total. The van der Waals surface area contributed by atoms with Crippen molar-refractivity contribution in [2.45, 2.75) is 19.9 Å². The second kappa shape index (κ2) is 7.41. The van der Waals surface area contributed by atoms with Gasteiger partial charge < -0.3 is 10.1 Å². The van der Waals surface area contributed by atoms with Crippen LogP contribution in [0.3, 0.4) is 0 Å². The van der Waals surface area contributed by atoms with E-state index >= 15 is 0 Å². The van der Waals surface area contributed by atoms with E-state index in [1.807, 2.05) is 32.0 Å². The Hall–Kier alpha value is -2.87. The third kappa shape index (κ3) is 4.30. The predicted octanol–water partition coefficient (Wildman–Crippen LogP) is 3.20. The van der Waals surface area contributed by atoms with Crippen molar-refractivity contribution in [2.24, 2.45) is 0 Å². The predicted molar refractivity (Wildman–Crippen MR) is 84.3 cm³/mol. The Morgan fingerprint density at radius 3 is 2.61 bits per heavy atom. The van der Waals surface area contributed by atoms with Gasteiger partial charge in [0.2, 0.25) is 0 Å². The van der Waals surface area contributed by atoms with E-state index in [-0.39, 0.29) is 6.61 Å². The standard InChI is InChI=1S/C18H17FN2O2/c1-12-4-3-5-17(13(12)2)23-11-18(22)21-16(10-20)14-6-8-15(19)9-7-14/h3-9,16H,11H2,1-2H3,(H,21,22)/t16-/m1/s1. The molecule has 118 valence electrons. The van der Waals surface area contributed by atoms with Crippen molar-refractivity contribution in [1.82, 2.24) is 5.32 Å². The number of ether oxygens (including phenoxy) is 1. The topological polar surface area (TPSA) is 62.1 Å². The maximum Gasteiger partial charge on any atom is 0.259 e. The Bertz CT molecular complexity index is 736. The Labute approximate surface area is 134 Å². The molecule has 1 N–H and O–H groups in total. The fourth-order valence-electron chi connectivity index (χ4n) is 2.07. The maximum atomic E-state index is 12.9. The average Bonchev–Trinajstić information content (AvgIpc) is 2.55. The molecule has 2 aromatic carbocycles. The monoisotopic (exact) mass is 312 g/mol. The highest BCUT2D eigenvalue weighted by atomic mass is 19.1. The van der Waals surface area contributed by atoms with Gasteiger partial charge in [-0.25, -0.2) is 4.39 Å². The Kier molecular flexibility index (Phi) is 5.32. The normalized spacial score (nSPS) is 11.4. The summed E-state index contributed by atoms with van der Waals surface area (Å²) in [5, 5.41) is 11.7. The zero-order valence-corrected chi connectivity index (χ0v) is 13.0. The van der Waals surface area contributed by atoms with E-state index in [1.54, 1.807) is 6.07 Å². The summed E-state index contributed by atoms with van der Waals surface area (Å²) < 4.78 is 18.4. The SMILES string of the molecule is Cc1cccc(OCC(=O)N[C@H](C#N)c2ccc(F)cc2)c1C. The first-order chi connectivity index (χ1) is 11.0. The molecule has 1 atom stereocenters. The summed E-state index contributed by atoms with van der Waals surface area (Å²) in [5.41, 5.74) is 2.56. The number of amides is 1. The van der Waals surface area contributed by atoms with Crippen molar-refractivity contribution < 1.29 is 13.9 Å². The number of nitrogens with one attached hydrogen (secondary N) is 1. The lowest BCUT2D eigenvalue weighted by Gasteiger charge is -2.14. The number of aryl methyl sites for hydroxylation is 1. The average molecular weight is 312 g/mol. The highest BCUT2D eigenvalue weighted by Crippen LogP contribution is 2.20. The van der Waals surface area contributed by atoms with Crippen LogP contribution in [-0.2, 0) is 4.79 Å². The molecule has 5 heteroatoms. The number of carbonyl (C=O) groups is 1. The van der Waals surface area contributed by atoms with Crippen molar-refractivity contribution >= 4 is 5.91 Å². The molecule has 0 radical (unpaired) electrons. The van der Waals surface area contributed by atoms with Gasteiger partial charge in [-0.2, -0.15) is 5.26 Å². The summed E-state index contributed by atoms with van der Waals surface area (Å²) in [5.74, 6) is -0.174. The fourth-order valence-corrected chi connectivity index (χ4v) is 2.07. The van der Waals surface area contributed by atoms with E-state index < -0.39 is 17.8 Å². The minimum absolute atomic E-state index is 0.191. The van der Waals surface area contributed by atoms with Crippen LogP contribution < -0.4 is 10.1 Å². The molecule has 0 aliphatic rings. The number of benzene rings is 2. The van der Waals surface area contributed by atoms with Gasteiger partial charge in [0.1, 0.15) is 17.6 Å². The lowest BCUT2D eigenvalue weighted by atomic mass is 10.1. The lowest BCUT2D eigenvalue weighted by molar-refractivity contribution is -0.123. The molecule has 0 spiro atoms. The molecule has 23 heavy (non-hydrogen) atoms. The largest absolute Gasteiger partial charge is 0.483 e. The second-order valence-electron chi connectivity index (χ2n) is 5.17. The molecular formula is C18H17FN2O2. The summed E-state index contributed by atoms with van der Waals surface area (Å²) in [6, 6.07) is 12.2. The van der Waals surface area contributed by atoms with Crippen LogP contribution in [0.2, 0.25) is 0 Å². The van der Waals surface area contributed by atoms with E-state index in [2.05, 4.69) is 5.32 Å². The van der Waals surface area contributed by atoms with Gasteiger partial charge in [0, 0.05) is 0 Å². The molecular weight excluding hydrogens is 295 g/mol. The molecule has 0 fully saturated rings. The number of nitriles is 1. The third-order valence-corrected chi connectivity index (χ3v) is 3.55. The van der Waals surface area contributed by atoms with Crippen LogP contribution in [0.25, 0.3) is 0 Å². The van der Waals surface area contributed by atoms with Gasteiger partial charge in [-0.05, 0) is 48.7 Å². The van der Waals surface area contributed by atoms with Crippen molar-refractivity contribution in [2.75, 3.05) is 6.61 Å². The quantitative estimate of drug-likeness (QED) is 0.922. The van der Waals surface area contributed by atoms with Crippen molar-refractivity contribution in [3.05, 3.63) is 65.0 Å². The minimum Gasteiger partial charge on any atom is -0.483 e. The van der Waals surface area contributed by atoms with E-state index in [0.29, 0.717) is 11.3 Å². The van der Waals surface area contributed by atoms with Crippen LogP contribution in [-0.4, -0.2) is 12.5 Å². The Morgan fingerprint density at radius 2 is 1.96 bits per heavy atom. The van der Waals surface area contributed by atoms with Gasteiger partial charge in [-0.15, -0.1) is 0 Å². The first kappa shape index (κ1) is 16.5. The molecule has 0 aliphatic carbocycles. The van der Waals surface area contributed by atoms with E-state index in [1.165, 1.54) is 24.3 Å². The zero-order valence-electron chi connectivity index (χ0n) is 13.0. The van der Waals surface area contributed by atoms with Crippen LogP contribution >= 0.6 is 0 Å². The van der Waals surface area contributed by atoms with Crippen LogP contribution in [0.4, 0.5) is 4.39 Å². The van der Waals surface area contributed by atoms with Crippen LogP contribution in [0.5, 0.6) is 5.75 Å². The Morgan fingerprint density at radius 1 is 1.26 bits per heavy atom. The van der Waals surface area contributed by atoms with Gasteiger partial charge in [-0.1, -0.05) is 24.3 Å². The third-order valence-electron chi connectivity index (χ3n) is 3.55. The van der Waals surface area contributed by atoms with E-state index in [9.17, 15) is 9.18 Å². The van der Waals surface area contributed by atoms with Crippen molar-refractivity contribution in [3.8, 4) is 11.8 Å². The molecule has 0 saturated carbocycles. The smallest absolute Gasteiger partial charge is 0.259 e. The van der Waals surface area contributed by atoms with Crippen molar-refractivity contribution in [3.63, 3.8) is 0 Å². The number of hydrogen-bond donors (Lipinski definition) is 1. The van der Waals surface area contributed by atoms with Gasteiger partial charge in [0.25, 0.3) is 5.91 Å². The molecule has 0 saturated heterocycles. The summed E-state index contributed by atoms with van der Waals surface area (Å²) in [6.07, 6.45) is 0. The molecule has 2 rings (SSSR count). The zero-order chi connectivity index (χ0) is 16.8. The number of rotatable bonds is 5. The summed E-state index contributed by atoms with van der Waals surface area (Å²) >= 11 is 0. The minimum atomic E-state index is -0.842. The molecule has 1 amide bonds. The number of nitrogens with zero attached hydrogens (tertiary/aromatic N) is 1. The molecule has 0 unspecified atom stereocenters. The summed E-state index contributed by atoms with van der Waals surface area (Å²) in [4.78, 5) is 12.0. The molecule has 0 aliphatic heterocycles. The number of hydrogen-bond acceptors (Lipinski definition) is 3. The van der Waals surface area contributed by atoms with Gasteiger partial charge in [0.15, 0.2) is 6.61 Å². The summed E-state index contributed by atoms with van der Waals surface area (Å²) in [6.45, 7) is 3.69. The highest BCUT2D eigenvalue weighted by molar-refractivity contribution is 5.78. The van der Waals surface area contributed by atoms with Gasteiger partial charge in [-0.3, -0.25) is 4.79 Å². The number of carbonyl (C=O) groups excluding carboxylic acids is 1. The summed E-state index contributed by atoms with van der Waals surface area (Å²) in [7, 11) is 0. The fraction of sp³-hybridized carbons (Fsp3) is 0.222. The Balaban J connectivity index is 1.97. The first-order valence-electron chi connectivity index (χ1n) is 7.14. The number of halogens is 1. The molecule has 2 aromatic rings. The van der Waals surface area contributed by atoms with Crippen LogP contribution in [0.15, 0.2) is 42.5 Å². The van der Waals surface area contributed by atoms with Crippen molar-refractivity contribution in [1.29, 1.82) is 5.26 Å². The van der Waals surface area contributed by atoms with Crippen LogP contribution in [0.1, 0.15) is 22.7 Å². The second-order valence-corrected chi connectivity index (χ2v) is 5.17. The highest BCUT2D eigenvalue weighted by Gasteiger charge is 2.14. The van der Waals surface area contributed by atoms with E-state index in [0.717, 1.165) is 11.1 Å². The van der Waals surface area contributed by atoms with Gasteiger partial charge >= 0.3 is 0 Å². The first-order valence-corrected chi connectivity index (χ1v) is 7.14. The van der Waals surface area contributed by atoms with Crippen LogP contribution in [0, 0.1) is 31.0 Å². The molecule has 0 bridgehead atoms.